The van der Waals surface area contributed by atoms with Crippen molar-refractivity contribution in [2.75, 3.05) is 0 Å². The first-order valence-electron chi connectivity index (χ1n) is 10.4. The first-order valence-corrected chi connectivity index (χ1v) is 13.7. The number of nitrogens with zero attached hydrogens (tertiary/aromatic N) is 1. The van der Waals surface area contributed by atoms with Gasteiger partial charge in [0, 0.05) is 0 Å². The van der Waals surface area contributed by atoms with Crippen LogP contribution in [-0.2, 0) is 10.0 Å². The fraction of sp³-hybridized carbons (Fsp3) is 0.280. The quantitative estimate of drug-likeness (QED) is 0.475. The Hall–Kier alpha value is -1.91. The van der Waals surface area contributed by atoms with Crippen LogP contribution in [0.3, 0.4) is 0 Å². The van der Waals surface area contributed by atoms with E-state index in [2.05, 4.69) is 43.3 Å². The summed E-state index contributed by atoms with van der Waals surface area (Å²) >= 11 is 0.187. The molecule has 5 heteroatoms. The van der Waals surface area contributed by atoms with Gasteiger partial charge in [-0.2, -0.15) is 0 Å². The third-order valence-electron chi connectivity index (χ3n) is 5.73. The molecule has 0 bridgehead atoms. The van der Waals surface area contributed by atoms with Crippen LogP contribution in [0.2, 0.25) is 4.82 Å². The van der Waals surface area contributed by atoms with E-state index in [0.717, 1.165) is 24.0 Å². The van der Waals surface area contributed by atoms with Crippen molar-refractivity contribution in [2.24, 2.45) is 0 Å². The standard InChI is InChI=1S/C25H27NO2SSe/c1-3-21-18-24(30-23-12-8-5-9-13-23)25(20-10-6-4-7-11-20)26(21)29(27,28)22-16-14-19(2)15-17-22/h4-17,21,24-25H,3,18H2,1-2H3/t21-,24-,25+/m1/s1. The van der Waals surface area contributed by atoms with Crippen LogP contribution in [0, 0.1) is 6.92 Å². The summed E-state index contributed by atoms with van der Waals surface area (Å²) in [5.41, 5.74) is 2.15. The zero-order chi connectivity index (χ0) is 21.1. The van der Waals surface area contributed by atoms with E-state index in [-0.39, 0.29) is 27.0 Å². The van der Waals surface area contributed by atoms with E-state index < -0.39 is 10.0 Å². The summed E-state index contributed by atoms with van der Waals surface area (Å²) in [5.74, 6) is 0. The van der Waals surface area contributed by atoms with Crippen molar-refractivity contribution < 1.29 is 8.42 Å². The first kappa shape index (κ1) is 21.3. The normalized spacial score (nSPS) is 22.3. The molecule has 3 nitrogen and oxygen atoms in total. The molecule has 156 valence electrons. The van der Waals surface area contributed by atoms with Crippen LogP contribution in [-0.4, -0.2) is 33.7 Å². The summed E-state index contributed by atoms with van der Waals surface area (Å²) in [6.45, 7) is 4.08. The van der Waals surface area contributed by atoms with Gasteiger partial charge >= 0.3 is 187 Å². The molecule has 0 saturated carbocycles. The molecule has 30 heavy (non-hydrogen) atoms. The molecule has 3 atom stereocenters. The van der Waals surface area contributed by atoms with E-state index in [1.54, 1.807) is 12.1 Å². The topological polar surface area (TPSA) is 37.4 Å². The van der Waals surface area contributed by atoms with Crippen LogP contribution in [0.4, 0.5) is 0 Å². The number of rotatable bonds is 6. The average Bonchev–Trinajstić information content (AvgIpc) is 3.14. The summed E-state index contributed by atoms with van der Waals surface area (Å²) in [6.07, 6.45) is 1.71. The molecule has 1 fully saturated rings. The van der Waals surface area contributed by atoms with E-state index in [9.17, 15) is 8.42 Å². The van der Waals surface area contributed by atoms with Gasteiger partial charge in [0.1, 0.15) is 0 Å². The van der Waals surface area contributed by atoms with Crippen LogP contribution in [0.1, 0.15) is 36.9 Å². The van der Waals surface area contributed by atoms with Crippen LogP contribution in [0.25, 0.3) is 0 Å². The SMILES string of the molecule is CC[C@@H]1C[C@@H]([Se]c2ccccc2)[C@H](c2ccccc2)N1S(=O)(=O)c1ccc(C)cc1. The van der Waals surface area contributed by atoms with Crippen molar-refractivity contribution in [2.45, 2.75) is 48.5 Å². The summed E-state index contributed by atoms with van der Waals surface area (Å²) in [5, 5.41) is 0. The number of benzene rings is 3. The Bertz CT molecular complexity index is 1070. The molecule has 0 amide bonds. The molecule has 0 unspecified atom stereocenters. The maximum atomic E-state index is 13.8. The molecule has 3 aromatic carbocycles. The number of hydrogen-bond donors (Lipinski definition) is 0. The van der Waals surface area contributed by atoms with Crippen molar-refractivity contribution >= 4 is 29.4 Å². The molecule has 1 aliphatic heterocycles. The Labute approximate surface area is 186 Å². The molecule has 0 N–H and O–H groups in total. The van der Waals surface area contributed by atoms with Crippen molar-refractivity contribution in [3.8, 4) is 0 Å². The van der Waals surface area contributed by atoms with Gasteiger partial charge in [0.25, 0.3) is 0 Å². The van der Waals surface area contributed by atoms with Crippen molar-refractivity contribution in [1.82, 2.24) is 4.31 Å². The van der Waals surface area contributed by atoms with Crippen LogP contribution >= 0.6 is 0 Å². The molecule has 4 rings (SSSR count). The Kier molecular flexibility index (Phi) is 6.45. The molecular weight excluding hydrogens is 457 g/mol. The molecular formula is C25H27NO2SSe. The molecule has 0 aromatic heterocycles. The van der Waals surface area contributed by atoms with Gasteiger partial charge < -0.3 is 0 Å². The third kappa shape index (κ3) is 4.26. The summed E-state index contributed by atoms with van der Waals surface area (Å²) in [7, 11) is -3.60. The van der Waals surface area contributed by atoms with E-state index in [4.69, 9.17) is 0 Å². The Morgan fingerprint density at radius 2 is 1.50 bits per heavy atom. The zero-order valence-electron chi connectivity index (χ0n) is 17.3. The molecule has 3 aromatic rings. The second kappa shape index (κ2) is 9.07. The predicted molar refractivity (Wildman–Crippen MR) is 124 cm³/mol. The fourth-order valence-corrected chi connectivity index (χ4v) is 9.24. The molecule has 1 aliphatic rings. The average molecular weight is 485 g/mol. The monoisotopic (exact) mass is 485 g/mol. The van der Waals surface area contributed by atoms with Crippen molar-refractivity contribution in [3.63, 3.8) is 0 Å². The van der Waals surface area contributed by atoms with Gasteiger partial charge in [-0.1, -0.05) is 0 Å². The van der Waals surface area contributed by atoms with E-state index in [1.165, 1.54) is 4.46 Å². The van der Waals surface area contributed by atoms with Crippen LogP contribution in [0.15, 0.2) is 89.8 Å². The van der Waals surface area contributed by atoms with Gasteiger partial charge in [0.2, 0.25) is 0 Å². The van der Waals surface area contributed by atoms with Crippen LogP contribution < -0.4 is 4.46 Å². The Morgan fingerprint density at radius 3 is 2.10 bits per heavy atom. The molecule has 1 heterocycles. The summed E-state index contributed by atoms with van der Waals surface area (Å²) in [4.78, 5) is 0.688. The number of hydrogen-bond acceptors (Lipinski definition) is 2. The minimum absolute atomic E-state index is 0.0112. The first-order chi connectivity index (χ1) is 14.5. The summed E-state index contributed by atoms with van der Waals surface area (Å²) < 4.78 is 30.8. The van der Waals surface area contributed by atoms with Gasteiger partial charge in [-0.25, -0.2) is 0 Å². The van der Waals surface area contributed by atoms with Gasteiger partial charge in [0.05, 0.1) is 0 Å². The molecule has 0 radical (unpaired) electrons. The van der Waals surface area contributed by atoms with E-state index in [1.807, 2.05) is 47.6 Å². The van der Waals surface area contributed by atoms with E-state index >= 15 is 0 Å². The van der Waals surface area contributed by atoms with Gasteiger partial charge in [-0.05, 0) is 0 Å². The predicted octanol–water partition coefficient (Wildman–Crippen LogP) is 4.73. The number of aryl methyl sites for hydroxylation is 1. The van der Waals surface area contributed by atoms with Gasteiger partial charge in [0.15, 0.2) is 0 Å². The Balaban J connectivity index is 1.78. The summed E-state index contributed by atoms with van der Waals surface area (Å²) in [6, 6.07) is 27.8. The minimum atomic E-state index is -3.60. The third-order valence-corrected chi connectivity index (χ3v) is 10.4. The van der Waals surface area contributed by atoms with Crippen molar-refractivity contribution in [1.29, 1.82) is 0 Å². The number of sulfonamides is 1. The van der Waals surface area contributed by atoms with Crippen LogP contribution in [0.5, 0.6) is 0 Å². The van der Waals surface area contributed by atoms with Crippen molar-refractivity contribution in [3.05, 3.63) is 96.1 Å². The molecule has 0 aliphatic carbocycles. The van der Waals surface area contributed by atoms with Gasteiger partial charge in [-0.15, -0.1) is 0 Å². The van der Waals surface area contributed by atoms with E-state index in [0.29, 0.717) is 9.71 Å². The Morgan fingerprint density at radius 1 is 0.900 bits per heavy atom. The second-order valence-electron chi connectivity index (χ2n) is 7.77. The molecule has 1 saturated heterocycles. The molecule has 0 spiro atoms. The maximum absolute atomic E-state index is 13.8. The fourth-order valence-electron chi connectivity index (χ4n) is 4.21. The van der Waals surface area contributed by atoms with Gasteiger partial charge in [-0.3, -0.25) is 0 Å². The zero-order valence-corrected chi connectivity index (χ0v) is 19.8. The second-order valence-corrected chi connectivity index (χ2v) is 12.4.